The van der Waals surface area contributed by atoms with Gasteiger partial charge in [0.15, 0.2) is 0 Å². The zero-order valence-electron chi connectivity index (χ0n) is 11.8. The number of nitrogens with one attached hydrogen (secondary N) is 1. The molecule has 0 amide bonds. The van der Waals surface area contributed by atoms with E-state index in [1.165, 1.54) is 25.0 Å². The van der Waals surface area contributed by atoms with E-state index in [-0.39, 0.29) is 11.4 Å². The van der Waals surface area contributed by atoms with Crippen LogP contribution in [0.4, 0.5) is 4.39 Å². The Morgan fingerprint density at radius 3 is 2.95 bits per heavy atom. The van der Waals surface area contributed by atoms with Crippen LogP contribution in [-0.2, 0) is 0 Å². The normalized spacial score (nSPS) is 32.3. The minimum atomic E-state index is -0.228. The lowest BCUT2D eigenvalue weighted by Crippen LogP contribution is -2.53. The maximum atomic E-state index is 12.8. The van der Waals surface area contributed by atoms with Crippen LogP contribution in [0.2, 0.25) is 0 Å². The summed E-state index contributed by atoms with van der Waals surface area (Å²) in [5.41, 5.74) is 6.39. The van der Waals surface area contributed by atoms with Gasteiger partial charge in [0.05, 0.1) is 6.61 Å². The van der Waals surface area contributed by atoms with Crippen LogP contribution in [-0.4, -0.2) is 24.2 Å². The second kappa shape index (κ2) is 5.70. The number of nitrogens with two attached hydrogens (primary N) is 1. The molecule has 2 fully saturated rings. The van der Waals surface area contributed by atoms with E-state index < -0.39 is 0 Å². The van der Waals surface area contributed by atoms with Crippen LogP contribution in [0.1, 0.15) is 38.5 Å². The average molecular weight is 278 g/mol. The van der Waals surface area contributed by atoms with Crippen molar-refractivity contribution < 1.29 is 9.13 Å². The van der Waals surface area contributed by atoms with Crippen molar-refractivity contribution in [2.75, 3.05) is 6.61 Å². The molecule has 0 aromatic heterocycles. The van der Waals surface area contributed by atoms with Gasteiger partial charge in [-0.15, -0.1) is 0 Å². The molecule has 0 radical (unpaired) electrons. The van der Waals surface area contributed by atoms with Crippen LogP contribution in [0, 0.1) is 5.82 Å². The molecule has 1 aromatic rings. The highest BCUT2D eigenvalue weighted by Gasteiger charge is 2.43. The smallest absolute Gasteiger partial charge is 0.123 e. The van der Waals surface area contributed by atoms with Gasteiger partial charge in [-0.25, -0.2) is 4.39 Å². The third-order valence-corrected chi connectivity index (χ3v) is 4.60. The van der Waals surface area contributed by atoms with Crippen LogP contribution >= 0.6 is 0 Å². The van der Waals surface area contributed by atoms with Crippen LogP contribution in [0.15, 0.2) is 24.3 Å². The number of rotatable bonds is 5. The van der Waals surface area contributed by atoms with E-state index in [4.69, 9.17) is 10.5 Å². The zero-order chi connectivity index (χ0) is 14.0. The molecule has 1 aromatic carbocycles. The lowest BCUT2D eigenvalue weighted by atomic mass is 9.84. The van der Waals surface area contributed by atoms with E-state index in [2.05, 4.69) is 5.32 Å². The summed E-state index contributed by atoms with van der Waals surface area (Å²) in [6, 6.07) is 7.18. The molecule has 2 heterocycles. The van der Waals surface area contributed by atoms with E-state index in [0.717, 1.165) is 31.4 Å². The number of benzene rings is 1. The largest absolute Gasteiger partial charge is 0.494 e. The van der Waals surface area contributed by atoms with Gasteiger partial charge in [0.2, 0.25) is 0 Å². The predicted molar refractivity (Wildman–Crippen MR) is 77.2 cm³/mol. The van der Waals surface area contributed by atoms with E-state index >= 15 is 0 Å². The van der Waals surface area contributed by atoms with Gasteiger partial charge in [-0.3, -0.25) is 0 Å². The molecule has 2 aliphatic heterocycles. The summed E-state index contributed by atoms with van der Waals surface area (Å²) in [7, 11) is 0. The van der Waals surface area contributed by atoms with Crippen molar-refractivity contribution in [1.29, 1.82) is 0 Å². The topological polar surface area (TPSA) is 47.3 Å². The van der Waals surface area contributed by atoms with Crippen LogP contribution in [0.25, 0.3) is 0 Å². The summed E-state index contributed by atoms with van der Waals surface area (Å²) in [4.78, 5) is 0. The SMILES string of the molecule is NC1CC2CCC(CCCOc3ccc(F)cc3)(C1)N2. The van der Waals surface area contributed by atoms with Crippen molar-refractivity contribution in [3.8, 4) is 5.75 Å². The van der Waals surface area contributed by atoms with Gasteiger partial charge < -0.3 is 15.8 Å². The third-order valence-electron chi connectivity index (χ3n) is 4.60. The Labute approximate surface area is 119 Å². The molecule has 3 rings (SSSR count). The van der Waals surface area contributed by atoms with Crippen molar-refractivity contribution in [2.24, 2.45) is 5.73 Å². The van der Waals surface area contributed by atoms with Crippen molar-refractivity contribution >= 4 is 0 Å². The first-order valence-corrected chi connectivity index (χ1v) is 7.57. The highest BCUT2D eigenvalue weighted by atomic mass is 19.1. The summed E-state index contributed by atoms with van der Waals surface area (Å²) in [5.74, 6) is 0.509. The average Bonchev–Trinajstić information content (AvgIpc) is 2.73. The molecular formula is C16H23FN2O. The van der Waals surface area contributed by atoms with Crippen molar-refractivity contribution in [1.82, 2.24) is 5.32 Å². The molecule has 20 heavy (non-hydrogen) atoms. The molecule has 2 saturated heterocycles. The fraction of sp³-hybridized carbons (Fsp3) is 0.625. The Morgan fingerprint density at radius 1 is 1.35 bits per heavy atom. The first-order chi connectivity index (χ1) is 9.65. The molecule has 4 heteroatoms. The van der Waals surface area contributed by atoms with Crippen LogP contribution in [0.5, 0.6) is 5.75 Å². The van der Waals surface area contributed by atoms with Crippen molar-refractivity contribution in [2.45, 2.75) is 56.1 Å². The second-order valence-electron chi connectivity index (χ2n) is 6.27. The van der Waals surface area contributed by atoms with Gasteiger partial charge in [0.1, 0.15) is 11.6 Å². The quantitative estimate of drug-likeness (QED) is 0.814. The van der Waals surface area contributed by atoms with Crippen LogP contribution < -0.4 is 15.8 Å². The fourth-order valence-electron chi connectivity index (χ4n) is 3.75. The molecular weight excluding hydrogens is 255 g/mol. The highest BCUT2D eigenvalue weighted by Crippen LogP contribution is 2.38. The van der Waals surface area contributed by atoms with E-state index in [1.54, 1.807) is 12.1 Å². The number of hydrogen-bond acceptors (Lipinski definition) is 3. The molecule has 0 saturated carbocycles. The molecule has 3 nitrogen and oxygen atoms in total. The van der Waals surface area contributed by atoms with Gasteiger partial charge in [-0.2, -0.15) is 0 Å². The molecule has 0 aliphatic carbocycles. The lowest BCUT2D eigenvalue weighted by Gasteiger charge is -2.38. The minimum Gasteiger partial charge on any atom is -0.494 e. The molecule has 110 valence electrons. The van der Waals surface area contributed by atoms with E-state index in [9.17, 15) is 4.39 Å². The minimum absolute atomic E-state index is 0.228. The first-order valence-electron chi connectivity index (χ1n) is 7.57. The Kier molecular flexibility index (Phi) is 3.94. The van der Waals surface area contributed by atoms with Crippen molar-refractivity contribution in [3.63, 3.8) is 0 Å². The Hall–Kier alpha value is -1.13. The molecule has 2 bridgehead atoms. The predicted octanol–water partition coefficient (Wildman–Crippen LogP) is 2.60. The summed E-state index contributed by atoms with van der Waals surface area (Å²) in [5, 5.41) is 3.76. The Bertz CT molecular complexity index is 450. The maximum absolute atomic E-state index is 12.8. The van der Waals surface area contributed by atoms with Gasteiger partial charge in [-0.05, 0) is 62.8 Å². The van der Waals surface area contributed by atoms with Gasteiger partial charge in [0.25, 0.3) is 0 Å². The van der Waals surface area contributed by atoms with Gasteiger partial charge in [0, 0.05) is 17.6 Å². The summed E-state index contributed by atoms with van der Waals surface area (Å²) in [6.07, 6.45) is 6.81. The van der Waals surface area contributed by atoms with E-state index in [0.29, 0.717) is 18.7 Å². The first kappa shape index (κ1) is 13.8. The lowest BCUT2D eigenvalue weighted by molar-refractivity contribution is 0.211. The molecule has 0 spiro atoms. The van der Waals surface area contributed by atoms with Gasteiger partial charge in [-0.1, -0.05) is 0 Å². The zero-order valence-corrected chi connectivity index (χ0v) is 11.8. The number of halogens is 1. The summed E-state index contributed by atoms with van der Waals surface area (Å²) >= 11 is 0. The molecule has 2 aliphatic rings. The Balaban J connectivity index is 1.44. The summed E-state index contributed by atoms with van der Waals surface area (Å²) < 4.78 is 18.4. The molecule has 3 atom stereocenters. The van der Waals surface area contributed by atoms with Crippen molar-refractivity contribution in [3.05, 3.63) is 30.1 Å². The Morgan fingerprint density at radius 2 is 2.15 bits per heavy atom. The monoisotopic (exact) mass is 278 g/mol. The highest BCUT2D eigenvalue weighted by molar-refractivity contribution is 5.22. The number of fused-ring (bicyclic) bond motifs is 2. The van der Waals surface area contributed by atoms with Gasteiger partial charge >= 0.3 is 0 Å². The molecule has 3 N–H and O–H groups in total. The fourth-order valence-corrected chi connectivity index (χ4v) is 3.75. The summed E-state index contributed by atoms with van der Waals surface area (Å²) in [6.45, 7) is 0.676. The molecule has 3 unspecified atom stereocenters. The van der Waals surface area contributed by atoms with Crippen LogP contribution in [0.3, 0.4) is 0 Å². The third kappa shape index (κ3) is 3.13. The maximum Gasteiger partial charge on any atom is 0.123 e. The number of hydrogen-bond donors (Lipinski definition) is 2. The number of piperidine rings is 1. The standard InChI is InChI=1S/C16H23FN2O/c17-12-2-4-15(5-3-12)20-9-1-7-16-8-6-14(19-16)10-13(18)11-16/h2-5,13-14,19H,1,6-11,18H2. The van der Waals surface area contributed by atoms with E-state index in [1.807, 2.05) is 0 Å². The number of ether oxygens (including phenoxy) is 1. The second-order valence-corrected chi connectivity index (χ2v) is 6.27.